The van der Waals surface area contributed by atoms with Crippen molar-refractivity contribution >= 4 is 24.0 Å². The maximum absolute atomic E-state index is 10.3. The Morgan fingerprint density at radius 1 is 1.38 bits per heavy atom. The van der Waals surface area contributed by atoms with Crippen LogP contribution in [-0.2, 0) is 0 Å². The summed E-state index contributed by atoms with van der Waals surface area (Å²) < 4.78 is 0. The summed E-state index contributed by atoms with van der Waals surface area (Å²) in [5.41, 5.74) is 1.50. The van der Waals surface area contributed by atoms with E-state index in [1.807, 2.05) is 0 Å². The lowest BCUT2D eigenvalue weighted by Crippen LogP contribution is -2.07. The molecule has 1 aromatic heterocycles. The predicted octanol–water partition coefficient (Wildman–Crippen LogP) is -0.581. The van der Waals surface area contributed by atoms with Gasteiger partial charge in [0.2, 0.25) is 0 Å². The Hall–Kier alpha value is -1.97. The number of imidazole rings is 1. The number of aromatic nitrogens is 2. The minimum absolute atomic E-state index is 0.0757. The quantitative estimate of drug-likeness (QED) is 0.291. The van der Waals surface area contributed by atoms with E-state index in [9.17, 15) is 10.1 Å². The van der Waals surface area contributed by atoms with Crippen molar-refractivity contribution in [1.82, 2.24) is 9.97 Å². The second-order valence-corrected chi connectivity index (χ2v) is 2.71. The Morgan fingerprint density at radius 3 is 2.56 bits per heavy atom. The fraction of sp³-hybridized carbons (Fsp3) is 0. The van der Waals surface area contributed by atoms with Crippen molar-refractivity contribution in [1.29, 1.82) is 0 Å². The molecular formula is C7H8BN3O5. The molecule has 0 bridgehead atoms. The Labute approximate surface area is 89.5 Å². The van der Waals surface area contributed by atoms with E-state index in [0.29, 0.717) is 5.52 Å². The summed E-state index contributed by atoms with van der Waals surface area (Å²) in [6, 6.07) is 4.51. The lowest BCUT2D eigenvalue weighted by molar-refractivity contribution is -0.384. The second kappa shape index (κ2) is 5.21. The van der Waals surface area contributed by atoms with E-state index in [1.165, 1.54) is 18.5 Å². The molecule has 16 heavy (non-hydrogen) atoms. The summed E-state index contributed by atoms with van der Waals surface area (Å²) in [4.78, 5) is 16.6. The lowest BCUT2D eigenvalue weighted by atomic mass is 10.3. The fourth-order valence-electron chi connectivity index (χ4n) is 1.04. The van der Waals surface area contributed by atoms with Gasteiger partial charge in [0.25, 0.3) is 5.69 Å². The maximum atomic E-state index is 10.3. The average Bonchev–Trinajstić information content (AvgIpc) is 2.62. The highest BCUT2D eigenvalue weighted by Gasteiger charge is 2.05. The molecule has 0 aliphatic heterocycles. The number of nitro benzene ring substituents is 1. The first-order chi connectivity index (χ1) is 7.50. The van der Waals surface area contributed by atoms with Crippen LogP contribution < -0.4 is 0 Å². The van der Waals surface area contributed by atoms with Crippen molar-refractivity contribution in [2.45, 2.75) is 0 Å². The van der Waals surface area contributed by atoms with Crippen LogP contribution >= 0.6 is 0 Å². The van der Waals surface area contributed by atoms with Crippen LogP contribution in [0.15, 0.2) is 24.5 Å². The van der Waals surface area contributed by atoms with Crippen LogP contribution in [0.1, 0.15) is 0 Å². The number of nitrogens with one attached hydrogen (secondary N) is 1. The zero-order chi connectivity index (χ0) is 12.1. The second-order valence-electron chi connectivity index (χ2n) is 2.71. The maximum Gasteiger partial charge on any atom is 0.631 e. The van der Waals surface area contributed by atoms with Crippen LogP contribution in [0.5, 0.6) is 0 Å². The number of nitrogens with zero attached hydrogens (tertiary/aromatic N) is 2. The summed E-state index contributed by atoms with van der Waals surface area (Å²) in [5, 5.41) is 31.8. The highest BCUT2D eigenvalue weighted by atomic mass is 16.6. The van der Waals surface area contributed by atoms with E-state index in [-0.39, 0.29) is 5.69 Å². The molecule has 0 unspecified atom stereocenters. The number of H-pyrrole nitrogens is 1. The molecule has 0 atom stereocenters. The summed E-state index contributed by atoms with van der Waals surface area (Å²) in [7, 11) is -2.17. The van der Waals surface area contributed by atoms with Gasteiger partial charge in [0.05, 0.1) is 22.3 Å². The third-order valence-electron chi connectivity index (χ3n) is 1.61. The zero-order valence-electron chi connectivity index (χ0n) is 7.94. The van der Waals surface area contributed by atoms with Crippen LogP contribution in [0.25, 0.3) is 11.0 Å². The van der Waals surface area contributed by atoms with Gasteiger partial charge in [-0.05, 0) is 6.07 Å². The van der Waals surface area contributed by atoms with Gasteiger partial charge in [0, 0.05) is 12.1 Å². The number of aromatic amines is 1. The molecule has 84 valence electrons. The molecule has 2 rings (SSSR count). The van der Waals surface area contributed by atoms with Gasteiger partial charge in [-0.1, -0.05) is 0 Å². The summed E-state index contributed by atoms with van der Waals surface area (Å²) in [6.45, 7) is 0. The molecule has 0 radical (unpaired) electrons. The number of nitro groups is 1. The molecule has 8 nitrogen and oxygen atoms in total. The molecule has 0 aliphatic carbocycles. The van der Waals surface area contributed by atoms with E-state index >= 15 is 0 Å². The lowest BCUT2D eigenvalue weighted by Gasteiger charge is -1.89. The van der Waals surface area contributed by atoms with Gasteiger partial charge in [0.1, 0.15) is 0 Å². The summed E-state index contributed by atoms with van der Waals surface area (Å²) in [6.07, 6.45) is 1.51. The van der Waals surface area contributed by atoms with Gasteiger partial charge in [-0.2, -0.15) is 0 Å². The normalized spacial score (nSPS) is 9.44. The van der Waals surface area contributed by atoms with Crippen molar-refractivity contribution in [2.24, 2.45) is 0 Å². The number of hydrogen-bond donors (Lipinski definition) is 4. The molecule has 1 aromatic carbocycles. The number of hydrogen-bond acceptors (Lipinski definition) is 6. The molecule has 0 saturated heterocycles. The first-order valence-electron chi connectivity index (χ1n) is 4.12. The van der Waals surface area contributed by atoms with Crippen LogP contribution in [0.2, 0.25) is 0 Å². The van der Waals surface area contributed by atoms with Gasteiger partial charge < -0.3 is 20.1 Å². The van der Waals surface area contributed by atoms with Crippen molar-refractivity contribution in [3.8, 4) is 0 Å². The Kier molecular flexibility index (Phi) is 3.94. The van der Waals surface area contributed by atoms with E-state index in [2.05, 4.69) is 9.97 Å². The van der Waals surface area contributed by atoms with Gasteiger partial charge in [-0.3, -0.25) is 10.1 Å². The topological polar surface area (TPSA) is 133 Å². The van der Waals surface area contributed by atoms with Crippen molar-refractivity contribution in [3.63, 3.8) is 0 Å². The molecular weight excluding hydrogens is 217 g/mol. The van der Waals surface area contributed by atoms with Gasteiger partial charge in [-0.15, -0.1) is 0 Å². The minimum atomic E-state index is -2.17. The fourth-order valence-corrected chi connectivity index (χ4v) is 1.04. The minimum Gasteiger partial charge on any atom is -0.402 e. The van der Waals surface area contributed by atoms with Crippen LogP contribution in [-0.4, -0.2) is 37.3 Å². The smallest absolute Gasteiger partial charge is 0.402 e. The molecule has 4 N–H and O–H groups in total. The average molecular weight is 225 g/mol. The molecule has 2 aromatic rings. The largest absolute Gasteiger partial charge is 0.631 e. The third-order valence-corrected chi connectivity index (χ3v) is 1.61. The highest BCUT2D eigenvalue weighted by molar-refractivity contribution is 6.30. The number of non-ortho nitro benzene ring substituents is 1. The summed E-state index contributed by atoms with van der Waals surface area (Å²) >= 11 is 0. The van der Waals surface area contributed by atoms with Gasteiger partial charge in [0.15, 0.2) is 0 Å². The van der Waals surface area contributed by atoms with E-state index in [0.717, 1.165) is 5.52 Å². The van der Waals surface area contributed by atoms with Crippen LogP contribution in [0.4, 0.5) is 5.69 Å². The van der Waals surface area contributed by atoms with Crippen molar-refractivity contribution in [2.75, 3.05) is 0 Å². The standard InChI is InChI=1S/C7H5N3O2.BH3O3/c11-10(12)5-1-2-6-7(3-5)9-4-8-6;2-1(3)4/h1-4H,(H,8,9);2-4H. The third kappa shape index (κ3) is 3.31. The first kappa shape index (κ1) is 12.1. The van der Waals surface area contributed by atoms with Crippen molar-refractivity contribution < 1.29 is 20.0 Å². The molecule has 0 fully saturated rings. The van der Waals surface area contributed by atoms with Crippen molar-refractivity contribution in [3.05, 3.63) is 34.6 Å². The highest BCUT2D eigenvalue weighted by Crippen LogP contribution is 2.16. The van der Waals surface area contributed by atoms with E-state index < -0.39 is 12.2 Å². The van der Waals surface area contributed by atoms with Gasteiger partial charge >= 0.3 is 7.32 Å². The molecule has 9 heteroatoms. The molecule has 0 saturated carbocycles. The molecule has 0 aliphatic rings. The Balaban J connectivity index is 0.000000280. The van der Waals surface area contributed by atoms with Crippen LogP contribution in [0, 0.1) is 10.1 Å². The van der Waals surface area contributed by atoms with E-state index in [4.69, 9.17) is 15.1 Å². The predicted molar refractivity (Wildman–Crippen MR) is 55.2 cm³/mol. The number of rotatable bonds is 1. The Morgan fingerprint density at radius 2 is 2.00 bits per heavy atom. The van der Waals surface area contributed by atoms with Crippen LogP contribution in [0.3, 0.4) is 0 Å². The monoisotopic (exact) mass is 225 g/mol. The SMILES string of the molecule is O=[N+]([O-])c1ccc2nc[nH]c2c1.OB(O)O. The molecule has 0 amide bonds. The number of benzene rings is 1. The summed E-state index contributed by atoms with van der Waals surface area (Å²) in [5.74, 6) is 0. The van der Waals surface area contributed by atoms with Gasteiger partial charge in [-0.25, -0.2) is 4.98 Å². The number of fused-ring (bicyclic) bond motifs is 1. The van der Waals surface area contributed by atoms with E-state index in [1.54, 1.807) is 6.07 Å². The molecule has 0 spiro atoms. The Bertz CT molecular complexity index is 483. The molecule has 1 heterocycles. The first-order valence-corrected chi connectivity index (χ1v) is 4.12. The zero-order valence-corrected chi connectivity index (χ0v) is 7.94.